The van der Waals surface area contributed by atoms with Crippen LogP contribution in [0.2, 0.25) is 0 Å². The van der Waals surface area contributed by atoms with Crippen LogP contribution in [0.15, 0.2) is 0 Å². The second kappa shape index (κ2) is 3.25. The highest BCUT2D eigenvalue weighted by Gasteiger charge is 2.47. The summed E-state index contributed by atoms with van der Waals surface area (Å²) in [6, 6.07) is 1.37. The predicted molar refractivity (Wildman–Crippen MR) is 53.7 cm³/mol. The van der Waals surface area contributed by atoms with Crippen molar-refractivity contribution in [1.82, 2.24) is 5.32 Å². The van der Waals surface area contributed by atoms with Crippen LogP contribution in [0.5, 0.6) is 0 Å². The molecule has 2 nitrogen and oxygen atoms in total. The van der Waals surface area contributed by atoms with E-state index in [1.807, 2.05) is 0 Å². The lowest BCUT2D eigenvalue weighted by Gasteiger charge is -2.18. The minimum absolute atomic E-state index is 0.543. The molecule has 2 aliphatic rings. The zero-order valence-electron chi connectivity index (χ0n) is 8.97. The van der Waals surface area contributed by atoms with Crippen molar-refractivity contribution in [2.24, 2.45) is 11.3 Å². The van der Waals surface area contributed by atoms with Crippen LogP contribution in [-0.2, 0) is 4.74 Å². The molecule has 76 valence electrons. The molecule has 0 radical (unpaired) electrons. The van der Waals surface area contributed by atoms with Gasteiger partial charge in [0.1, 0.15) is 0 Å². The Morgan fingerprint density at radius 3 is 2.46 bits per heavy atom. The van der Waals surface area contributed by atoms with E-state index in [-0.39, 0.29) is 0 Å². The number of hydrogen-bond donors (Lipinski definition) is 1. The van der Waals surface area contributed by atoms with Gasteiger partial charge in [-0.1, -0.05) is 13.8 Å². The lowest BCUT2D eigenvalue weighted by atomic mass is 10.1. The van der Waals surface area contributed by atoms with Crippen molar-refractivity contribution >= 4 is 0 Å². The summed E-state index contributed by atoms with van der Waals surface area (Å²) >= 11 is 0. The quantitative estimate of drug-likeness (QED) is 0.701. The number of hydrogen-bond acceptors (Lipinski definition) is 2. The summed E-state index contributed by atoms with van der Waals surface area (Å²) in [4.78, 5) is 0. The third-order valence-electron chi connectivity index (χ3n) is 3.47. The van der Waals surface area contributed by atoms with E-state index in [4.69, 9.17) is 4.74 Å². The lowest BCUT2D eigenvalue weighted by Crippen LogP contribution is -2.38. The van der Waals surface area contributed by atoms with Gasteiger partial charge in [0.25, 0.3) is 0 Å². The molecule has 0 amide bonds. The number of rotatable bonds is 5. The maximum absolute atomic E-state index is 5.24. The third-order valence-corrected chi connectivity index (χ3v) is 3.47. The number of methoxy groups -OCH3 is 1. The van der Waals surface area contributed by atoms with E-state index in [1.54, 1.807) is 7.11 Å². The van der Waals surface area contributed by atoms with Gasteiger partial charge >= 0.3 is 0 Å². The summed E-state index contributed by atoms with van der Waals surface area (Å²) < 4.78 is 5.24. The summed E-state index contributed by atoms with van der Waals surface area (Å²) in [6.07, 6.45) is 4.13. The number of ether oxygens (including phenoxy) is 1. The molecule has 2 aliphatic carbocycles. The Hall–Kier alpha value is -0.0800. The topological polar surface area (TPSA) is 21.3 Å². The van der Waals surface area contributed by atoms with Crippen LogP contribution in [0, 0.1) is 11.3 Å². The molecule has 0 saturated heterocycles. The minimum Gasteiger partial charge on any atom is -0.383 e. The SMILES string of the molecule is COCC(NC1CC1(C)C)C1CC1. The van der Waals surface area contributed by atoms with Gasteiger partial charge in [-0.05, 0) is 30.6 Å². The monoisotopic (exact) mass is 183 g/mol. The second-order valence-corrected chi connectivity index (χ2v) is 5.31. The van der Waals surface area contributed by atoms with Crippen LogP contribution < -0.4 is 5.32 Å². The van der Waals surface area contributed by atoms with Crippen molar-refractivity contribution in [2.75, 3.05) is 13.7 Å². The first kappa shape index (κ1) is 9.47. The van der Waals surface area contributed by atoms with E-state index in [0.717, 1.165) is 18.6 Å². The molecule has 0 heterocycles. The average molecular weight is 183 g/mol. The molecule has 0 bridgehead atoms. The Kier molecular flexibility index (Phi) is 2.37. The Morgan fingerprint density at radius 1 is 1.46 bits per heavy atom. The van der Waals surface area contributed by atoms with Crippen LogP contribution in [0.3, 0.4) is 0 Å². The smallest absolute Gasteiger partial charge is 0.0618 e. The van der Waals surface area contributed by atoms with Crippen LogP contribution in [0.4, 0.5) is 0 Å². The summed E-state index contributed by atoms with van der Waals surface area (Å²) in [7, 11) is 1.80. The zero-order chi connectivity index (χ0) is 9.47. The van der Waals surface area contributed by atoms with E-state index in [2.05, 4.69) is 19.2 Å². The Morgan fingerprint density at radius 2 is 2.08 bits per heavy atom. The average Bonchev–Trinajstić information content (AvgIpc) is 2.88. The van der Waals surface area contributed by atoms with Gasteiger partial charge in [0.05, 0.1) is 6.61 Å². The van der Waals surface area contributed by atoms with Gasteiger partial charge in [-0.2, -0.15) is 0 Å². The van der Waals surface area contributed by atoms with Gasteiger partial charge in [-0.3, -0.25) is 0 Å². The molecule has 0 spiro atoms. The second-order valence-electron chi connectivity index (χ2n) is 5.31. The molecule has 2 unspecified atom stereocenters. The van der Waals surface area contributed by atoms with Gasteiger partial charge in [0.15, 0.2) is 0 Å². The largest absolute Gasteiger partial charge is 0.383 e. The first-order chi connectivity index (χ1) is 6.13. The maximum Gasteiger partial charge on any atom is 0.0618 e. The van der Waals surface area contributed by atoms with Crippen molar-refractivity contribution in [3.63, 3.8) is 0 Å². The molecule has 0 aliphatic heterocycles. The molecular weight excluding hydrogens is 162 g/mol. The van der Waals surface area contributed by atoms with Crippen molar-refractivity contribution in [3.8, 4) is 0 Å². The fourth-order valence-electron chi connectivity index (χ4n) is 2.01. The van der Waals surface area contributed by atoms with Gasteiger partial charge in [0.2, 0.25) is 0 Å². The standard InChI is InChI=1S/C11H21NO/c1-11(2)6-10(11)12-9(7-13-3)8-4-5-8/h8-10,12H,4-7H2,1-3H3. The summed E-state index contributed by atoms with van der Waals surface area (Å²) in [5, 5.41) is 3.72. The highest BCUT2D eigenvalue weighted by molar-refractivity contribution is 5.04. The first-order valence-corrected chi connectivity index (χ1v) is 5.38. The van der Waals surface area contributed by atoms with E-state index in [9.17, 15) is 0 Å². The molecule has 0 aromatic rings. The van der Waals surface area contributed by atoms with E-state index in [0.29, 0.717) is 11.5 Å². The summed E-state index contributed by atoms with van der Waals surface area (Å²) in [5.74, 6) is 0.899. The molecule has 0 aromatic heterocycles. The number of nitrogens with one attached hydrogen (secondary N) is 1. The Bertz CT molecular complexity index is 187. The van der Waals surface area contributed by atoms with Crippen molar-refractivity contribution in [2.45, 2.75) is 45.2 Å². The fraction of sp³-hybridized carbons (Fsp3) is 1.00. The normalized spacial score (nSPS) is 33.0. The Labute approximate surface area is 81.0 Å². The first-order valence-electron chi connectivity index (χ1n) is 5.38. The Balaban J connectivity index is 1.77. The molecule has 2 rings (SSSR count). The zero-order valence-corrected chi connectivity index (χ0v) is 8.97. The van der Waals surface area contributed by atoms with Crippen molar-refractivity contribution in [1.29, 1.82) is 0 Å². The van der Waals surface area contributed by atoms with Gasteiger partial charge < -0.3 is 10.1 Å². The van der Waals surface area contributed by atoms with Crippen LogP contribution in [0.25, 0.3) is 0 Å². The van der Waals surface area contributed by atoms with Crippen molar-refractivity contribution < 1.29 is 4.74 Å². The fourth-order valence-corrected chi connectivity index (χ4v) is 2.01. The van der Waals surface area contributed by atoms with Gasteiger partial charge in [0, 0.05) is 19.2 Å². The van der Waals surface area contributed by atoms with Crippen LogP contribution >= 0.6 is 0 Å². The molecule has 2 fully saturated rings. The molecule has 2 saturated carbocycles. The molecule has 2 atom stereocenters. The van der Waals surface area contributed by atoms with E-state index >= 15 is 0 Å². The van der Waals surface area contributed by atoms with Crippen LogP contribution in [-0.4, -0.2) is 25.8 Å². The molecule has 13 heavy (non-hydrogen) atoms. The summed E-state index contributed by atoms with van der Waals surface area (Å²) in [6.45, 7) is 5.56. The maximum atomic E-state index is 5.24. The molecular formula is C11H21NO. The van der Waals surface area contributed by atoms with E-state index in [1.165, 1.54) is 19.3 Å². The molecule has 2 heteroatoms. The highest BCUT2D eigenvalue weighted by Crippen LogP contribution is 2.46. The van der Waals surface area contributed by atoms with E-state index < -0.39 is 0 Å². The third kappa shape index (κ3) is 2.23. The lowest BCUT2D eigenvalue weighted by molar-refractivity contribution is 0.155. The predicted octanol–water partition coefficient (Wildman–Crippen LogP) is 1.80. The molecule has 1 N–H and O–H groups in total. The van der Waals surface area contributed by atoms with Gasteiger partial charge in [-0.15, -0.1) is 0 Å². The molecule has 0 aromatic carbocycles. The van der Waals surface area contributed by atoms with Crippen molar-refractivity contribution in [3.05, 3.63) is 0 Å². The van der Waals surface area contributed by atoms with Gasteiger partial charge in [-0.25, -0.2) is 0 Å². The highest BCUT2D eigenvalue weighted by atomic mass is 16.5. The minimum atomic E-state index is 0.543. The summed E-state index contributed by atoms with van der Waals surface area (Å²) in [5.41, 5.74) is 0.543. The van der Waals surface area contributed by atoms with Crippen LogP contribution in [0.1, 0.15) is 33.1 Å².